The van der Waals surface area contributed by atoms with Gasteiger partial charge in [-0.1, -0.05) is 176 Å². The molecule has 0 unspecified atom stereocenters. The molecule has 0 N–H and O–H groups in total. The van der Waals surface area contributed by atoms with Crippen molar-refractivity contribution in [2.45, 2.75) is 0 Å². The van der Waals surface area contributed by atoms with Crippen LogP contribution in [-0.2, 0) is 0 Å². The molecule has 7 heteroatoms. The highest BCUT2D eigenvalue weighted by molar-refractivity contribution is 7.25. The van der Waals surface area contributed by atoms with Crippen molar-refractivity contribution in [1.82, 2.24) is 29.9 Å². The molecule has 0 fully saturated rings. The molecule has 0 radical (unpaired) electrons. The number of benzene rings is 7. The molecule has 0 saturated carbocycles. The van der Waals surface area contributed by atoms with Crippen molar-refractivity contribution in [3.05, 3.63) is 194 Å². The monoisotopic (exact) mass is 772 g/mol. The number of aromatic nitrogens is 6. The maximum Gasteiger partial charge on any atom is 0.164 e. The molecular formula is C52H32N6S. The average molecular weight is 773 g/mol. The second-order valence-electron chi connectivity index (χ2n) is 14.3. The molecule has 4 aromatic heterocycles. The Labute approximate surface area is 344 Å². The molecule has 0 bridgehead atoms. The molecule has 0 amide bonds. The van der Waals surface area contributed by atoms with Crippen LogP contribution >= 0.6 is 11.3 Å². The van der Waals surface area contributed by atoms with Crippen LogP contribution in [0.4, 0.5) is 0 Å². The van der Waals surface area contributed by atoms with E-state index in [0.717, 1.165) is 87.0 Å². The number of hydrogen-bond donors (Lipinski definition) is 0. The van der Waals surface area contributed by atoms with Gasteiger partial charge in [-0.2, -0.15) is 0 Å². The number of pyridine rings is 1. The van der Waals surface area contributed by atoms with Crippen LogP contribution in [0.3, 0.4) is 0 Å². The van der Waals surface area contributed by atoms with E-state index in [0.29, 0.717) is 23.3 Å². The van der Waals surface area contributed by atoms with Gasteiger partial charge in [-0.05, 0) is 39.6 Å². The van der Waals surface area contributed by atoms with Crippen LogP contribution in [0.5, 0.6) is 0 Å². The molecule has 0 aliphatic rings. The minimum Gasteiger partial charge on any atom is -0.245 e. The summed E-state index contributed by atoms with van der Waals surface area (Å²) in [5.74, 6) is 2.60. The average Bonchev–Trinajstić information content (AvgIpc) is 3.70. The standard InChI is InChI=1S/C52H32N6S/c1-5-14-33(15-6-1)41-31-44-46-47(59-52(44)53-32-41)45(35-16-7-2-8-17-35)54-51(55-46)43-23-13-22-40-30-39(28-29-42(40)43)34-24-26-38(27-25-34)50-57-48(36-18-9-3-10-19-36)56-49(58-50)37-20-11-4-12-21-37/h1-32H. The number of rotatable bonds is 7. The van der Waals surface area contributed by atoms with Gasteiger partial charge in [-0.3, -0.25) is 0 Å². The Bertz CT molecular complexity index is 3240. The van der Waals surface area contributed by atoms with Gasteiger partial charge in [0.05, 0.1) is 15.9 Å². The zero-order chi connectivity index (χ0) is 39.1. The fraction of sp³-hybridized carbons (Fsp3) is 0. The Morgan fingerprint density at radius 2 is 0.864 bits per heavy atom. The summed E-state index contributed by atoms with van der Waals surface area (Å²) in [5.41, 5.74) is 11.0. The van der Waals surface area contributed by atoms with E-state index in [1.165, 1.54) is 0 Å². The van der Waals surface area contributed by atoms with Gasteiger partial charge in [0.15, 0.2) is 23.3 Å². The first-order valence-corrected chi connectivity index (χ1v) is 20.3. The fourth-order valence-corrected chi connectivity index (χ4v) is 8.71. The molecule has 276 valence electrons. The summed E-state index contributed by atoms with van der Waals surface area (Å²) in [6, 6.07) is 64.5. The normalized spacial score (nSPS) is 11.4. The lowest BCUT2D eigenvalue weighted by atomic mass is 9.97. The SMILES string of the molecule is c1ccc(-c2cnc3sc4c(-c5ccccc5)nc(-c5cccc6cc(-c7ccc(-c8nc(-c9ccccc9)nc(-c9ccccc9)n8)cc7)ccc56)nc4c3c2)cc1. The van der Waals surface area contributed by atoms with Crippen LogP contribution in [0.1, 0.15) is 0 Å². The highest BCUT2D eigenvalue weighted by Gasteiger charge is 2.19. The summed E-state index contributed by atoms with van der Waals surface area (Å²) in [6.07, 6.45) is 1.95. The third-order valence-electron chi connectivity index (χ3n) is 10.6. The first-order valence-electron chi connectivity index (χ1n) is 19.4. The maximum absolute atomic E-state index is 5.32. The van der Waals surface area contributed by atoms with Gasteiger partial charge in [0.1, 0.15) is 4.83 Å². The molecule has 0 aliphatic heterocycles. The van der Waals surface area contributed by atoms with Crippen LogP contribution in [0, 0.1) is 0 Å². The highest BCUT2D eigenvalue weighted by Crippen LogP contribution is 2.41. The minimum absolute atomic E-state index is 0.629. The van der Waals surface area contributed by atoms with Gasteiger partial charge in [0.25, 0.3) is 0 Å². The minimum atomic E-state index is 0.629. The summed E-state index contributed by atoms with van der Waals surface area (Å²) in [4.78, 5) is 31.2. The smallest absolute Gasteiger partial charge is 0.164 e. The Kier molecular flexibility index (Phi) is 8.56. The van der Waals surface area contributed by atoms with Crippen molar-refractivity contribution in [2.75, 3.05) is 0 Å². The number of nitrogens with zero attached hydrogens (tertiary/aromatic N) is 6. The summed E-state index contributed by atoms with van der Waals surface area (Å²) in [6.45, 7) is 0. The van der Waals surface area contributed by atoms with E-state index in [9.17, 15) is 0 Å². The summed E-state index contributed by atoms with van der Waals surface area (Å²) in [7, 11) is 0. The van der Waals surface area contributed by atoms with Crippen LogP contribution in [0.25, 0.3) is 110 Å². The van der Waals surface area contributed by atoms with Crippen molar-refractivity contribution in [3.63, 3.8) is 0 Å². The van der Waals surface area contributed by atoms with E-state index < -0.39 is 0 Å². The molecule has 6 nitrogen and oxygen atoms in total. The lowest BCUT2D eigenvalue weighted by Gasteiger charge is -2.11. The number of hydrogen-bond acceptors (Lipinski definition) is 7. The van der Waals surface area contributed by atoms with Crippen LogP contribution in [0.2, 0.25) is 0 Å². The first kappa shape index (κ1) is 34.5. The van der Waals surface area contributed by atoms with E-state index in [-0.39, 0.29) is 0 Å². The van der Waals surface area contributed by atoms with Crippen molar-refractivity contribution < 1.29 is 0 Å². The van der Waals surface area contributed by atoms with Gasteiger partial charge in [0, 0.05) is 45.0 Å². The third-order valence-corrected chi connectivity index (χ3v) is 11.7. The van der Waals surface area contributed by atoms with E-state index in [1.807, 2.05) is 79.0 Å². The fourth-order valence-electron chi connectivity index (χ4n) is 7.64. The van der Waals surface area contributed by atoms with Crippen molar-refractivity contribution >= 4 is 42.5 Å². The van der Waals surface area contributed by atoms with Gasteiger partial charge in [-0.15, -0.1) is 11.3 Å². The molecule has 0 atom stereocenters. The number of fused-ring (bicyclic) bond motifs is 4. The molecule has 0 saturated heterocycles. The Hall–Kier alpha value is -7.74. The molecule has 7 aromatic carbocycles. The maximum atomic E-state index is 5.32. The summed E-state index contributed by atoms with van der Waals surface area (Å²) in [5, 5.41) is 3.22. The second-order valence-corrected chi connectivity index (χ2v) is 15.3. The highest BCUT2D eigenvalue weighted by atomic mass is 32.1. The topological polar surface area (TPSA) is 77.3 Å². The Morgan fingerprint density at radius 3 is 1.49 bits per heavy atom. The second kappa shape index (κ2) is 14.6. The van der Waals surface area contributed by atoms with E-state index in [2.05, 4.69) is 115 Å². The molecule has 11 aromatic rings. The van der Waals surface area contributed by atoms with Gasteiger partial charge in [0.2, 0.25) is 0 Å². The first-order chi connectivity index (χ1) is 29.2. The molecule has 59 heavy (non-hydrogen) atoms. The Morgan fingerprint density at radius 1 is 0.339 bits per heavy atom. The molecule has 0 aliphatic carbocycles. The van der Waals surface area contributed by atoms with E-state index in [4.69, 9.17) is 29.9 Å². The molecule has 0 spiro atoms. The van der Waals surface area contributed by atoms with Crippen LogP contribution < -0.4 is 0 Å². The lowest BCUT2D eigenvalue weighted by molar-refractivity contribution is 1.07. The van der Waals surface area contributed by atoms with Gasteiger partial charge in [-0.25, -0.2) is 29.9 Å². The van der Waals surface area contributed by atoms with Gasteiger partial charge >= 0.3 is 0 Å². The predicted molar refractivity (Wildman–Crippen MR) is 242 cm³/mol. The zero-order valence-corrected chi connectivity index (χ0v) is 32.4. The predicted octanol–water partition coefficient (Wildman–Crippen LogP) is 13.2. The van der Waals surface area contributed by atoms with Crippen molar-refractivity contribution in [1.29, 1.82) is 0 Å². The van der Waals surface area contributed by atoms with Gasteiger partial charge < -0.3 is 0 Å². The van der Waals surface area contributed by atoms with Crippen molar-refractivity contribution in [2.24, 2.45) is 0 Å². The quantitative estimate of drug-likeness (QED) is 0.161. The van der Waals surface area contributed by atoms with E-state index in [1.54, 1.807) is 11.3 Å². The zero-order valence-electron chi connectivity index (χ0n) is 31.6. The van der Waals surface area contributed by atoms with E-state index >= 15 is 0 Å². The Balaban J connectivity index is 0.985. The number of thiophene rings is 1. The molecular weight excluding hydrogens is 741 g/mol. The van der Waals surface area contributed by atoms with Crippen LogP contribution in [-0.4, -0.2) is 29.9 Å². The molecule has 11 rings (SSSR count). The van der Waals surface area contributed by atoms with Crippen molar-refractivity contribution in [3.8, 4) is 79.1 Å². The lowest BCUT2D eigenvalue weighted by Crippen LogP contribution is -2.00. The largest absolute Gasteiger partial charge is 0.245 e. The van der Waals surface area contributed by atoms with Crippen LogP contribution in [0.15, 0.2) is 194 Å². The molecule has 4 heterocycles. The summed E-state index contributed by atoms with van der Waals surface area (Å²) >= 11 is 1.65. The third kappa shape index (κ3) is 6.49. The summed E-state index contributed by atoms with van der Waals surface area (Å²) < 4.78 is 1.03.